The predicted molar refractivity (Wildman–Crippen MR) is 79.9 cm³/mol. The molecule has 0 spiro atoms. The number of halogens is 3. The van der Waals surface area contributed by atoms with Crippen LogP contribution in [0.1, 0.15) is 28.5 Å². The molecule has 0 aliphatic heterocycles. The summed E-state index contributed by atoms with van der Waals surface area (Å²) in [5.74, 6) is 0. The van der Waals surface area contributed by atoms with E-state index in [2.05, 4.69) is 20.9 Å². The lowest BCUT2D eigenvalue weighted by Crippen LogP contribution is -2.06. The number of nitrogens with zero attached hydrogens (tertiary/aromatic N) is 1. The number of rotatable bonds is 0. The quantitative estimate of drug-likeness (QED) is 0.760. The Balaban J connectivity index is 2.20. The van der Waals surface area contributed by atoms with Gasteiger partial charge in [-0.25, -0.2) is 0 Å². The average molecular weight is 359 g/mol. The number of hydrogen-bond acceptors (Lipinski definition) is 2. The number of aromatic nitrogens is 1. The van der Waals surface area contributed by atoms with Crippen molar-refractivity contribution in [3.8, 4) is 0 Å². The lowest BCUT2D eigenvalue weighted by atomic mass is 10.0. The van der Waals surface area contributed by atoms with Crippen molar-refractivity contribution in [1.29, 1.82) is 0 Å². The number of hydrogen-bond donors (Lipinski definition) is 1. The van der Waals surface area contributed by atoms with Crippen LogP contribution in [0.15, 0.2) is 28.9 Å². The van der Waals surface area contributed by atoms with Crippen LogP contribution < -0.4 is 0 Å². The second-order valence-corrected chi connectivity index (χ2v) is 6.32. The summed E-state index contributed by atoms with van der Waals surface area (Å²) in [5, 5.41) is 11.6. The molecule has 5 heteroatoms. The van der Waals surface area contributed by atoms with Crippen molar-refractivity contribution in [2.45, 2.75) is 18.9 Å². The van der Waals surface area contributed by atoms with Crippen LogP contribution in [-0.2, 0) is 12.8 Å². The summed E-state index contributed by atoms with van der Waals surface area (Å²) in [6.07, 6.45) is 2.49. The highest BCUT2D eigenvalue weighted by molar-refractivity contribution is 9.10. The lowest BCUT2D eigenvalue weighted by molar-refractivity contribution is 0.214. The van der Waals surface area contributed by atoms with Gasteiger partial charge in [0.05, 0.1) is 5.69 Å². The van der Waals surface area contributed by atoms with Gasteiger partial charge in [0.15, 0.2) is 0 Å². The number of aliphatic hydroxyl groups excluding tert-OH is 1. The molecule has 2 aromatic rings. The van der Waals surface area contributed by atoms with E-state index in [9.17, 15) is 5.11 Å². The molecule has 1 aliphatic rings. The zero-order valence-electron chi connectivity index (χ0n) is 9.83. The Kier molecular flexibility index (Phi) is 3.56. The van der Waals surface area contributed by atoms with Crippen LogP contribution >= 0.6 is 39.1 Å². The van der Waals surface area contributed by atoms with Crippen LogP contribution in [0.25, 0.3) is 0 Å². The summed E-state index contributed by atoms with van der Waals surface area (Å²) >= 11 is 15.7. The monoisotopic (exact) mass is 357 g/mol. The summed E-state index contributed by atoms with van der Waals surface area (Å²) in [7, 11) is 0. The molecule has 1 N–H and O–H groups in total. The van der Waals surface area contributed by atoms with Crippen LogP contribution in [0.3, 0.4) is 0 Å². The van der Waals surface area contributed by atoms with E-state index in [1.54, 1.807) is 12.3 Å². The third-order valence-electron chi connectivity index (χ3n) is 3.34. The van der Waals surface area contributed by atoms with Crippen LogP contribution in [0.4, 0.5) is 0 Å². The molecular formula is C14H10BrCl2NO. The van der Waals surface area contributed by atoms with Gasteiger partial charge in [-0.3, -0.25) is 4.98 Å². The molecular weight excluding hydrogens is 349 g/mol. The Morgan fingerprint density at radius 2 is 1.89 bits per heavy atom. The molecule has 19 heavy (non-hydrogen) atoms. The first kappa shape index (κ1) is 13.4. The number of pyridine rings is 1. The number of fused-ring (bicyclic) bond motifs is 2. The van der Waals surface area contributed by atoms with Gasteiger partial charge in [-0.1, -0.05) is 23.2 Å². The van der Waals surface area contributed by atoms with Crippen molar-refractivity contribution >= 4 is 39.1 Å². The third kappa shape index (κ3) is 2.40. The molecule has 1 aliphatic carbocycles. The fourth-order valence-corrected chi connectivity index (χ4v) is 3.51. The molecule has 1 heterocycles. The summed E-state index contributed by atoms with van der Waals surface area (Å²) < 4.78 is 0.911. The second kappa shape index (κ2) is 5.06. The molecule has 0 radical (unpaired) electrons. The normalized spacial score (nSPS) is 17.6. The maximum atomic E-state index is 10.6. The molecule has 1 atom stereocenters. The van der Waals surface area contributed by atoms with Gasteiger partial charge >= 0.3 is 0 Å². The van der Waals surface area contributed by atoms with E-state index >= 15 is 0 Å². The minimum Gasteiger partial charge on any atom is -0.382 e. The molecule has 3 rings (SSSR count). The molecule has 2 nitrogen and oxygen atoms in total. The summed E-state index contributed by atoms with van der Waals surface area (Å²) in [6.45, 7) is 0. The Bertz CT molecular complexity index is 660. The van der Waals surface area contributed by atoms with Crippen molar-refractivity contribution in [3.05, 3.63) is 61.3 Å². The van der Waals surface area contributed by atoms with Gasteiger partial charge in [0, 0.05) is 26.3 Å². The van der Waals surface area contributed by atoms with Gasteiger partial charge in [0.1, 0.15) is 6.10 Å². The molecule has 0 unspecified atom stereocenters. The van der Waals surface area contributed by atoms with E-state index in [-0.39, 0.29) is 0 Å². The zero-order valence-corrected chi connectivity index (χ0v) is 12.9. The number of aliphatic hydroxyl groups is 1. The topological polar surface area (TPSA) is 33.1 Å². The van der Waals surface area contributed by atoms with Gasteiger partial charge in [0.2, 0.25) is 0 Å². The first-order chi connectivity index (χ1) is 9.06. The minimum absolute atomic E-state index is 0.493. The largest absolute Gasteiger partial charge is 0.382 e. The smallest absolute Gasteiger partial charge is 0.123 e. The van der Waals surface area contributed by atoms with E-state index < -0.39 is 6.10 Å². The standard InChI is InChI=1S/C14H10BrCl2NO/c15-9-3-8-2-1-7-4-10(16)5-11(17)12(7)14(19)13(8)18-6-9/h3-6,14,19H,1-2H2/t14-/m0/s1. The van der Waals surface area contributed by atoms with Gasteiger partial charge in [-0.15, -0.1) is 0 Å². The van der Waals surface area contributed by atoms with Gasteiger partial charge in [-0.05, 0) is 58.1 Å². The maximum absolute atomic E-state index is 10.6. The van der Waals surface area contributed by atoms with Crippen LogP contribution in [0, 0.1) is 0 Å². The first-order valence-electron chi connectivity index (χ1n) is 5.86. The van der Waals surface area contributed by atoms with Gasteiger partial charge in [-0.2, -0.15) is 0 Å². The van der Waals surface area contributed by atoms with Crippen LogP contribution in [0.2, 0.25) is 10.0 Å². The van der Waals surface area contributed by atoms with Crippen molar-refractivity contribution < 1.29 is 5.11 Å². The molecule has 0 bridgehead atoms. The minimum atomic E-state index is -0.801. The lowest BCUT2D eigenvalue weighted by Gasteiger charge is -2.15. The second-order valence-electron chi connectivity index (χ2n) is 4.56. The predicted octanol–water partition coefficient (Wildman–Crippen LogP) is 4.33. The summed E-state index contributed by atoms with van der Waals surface area (Å²) in [6, 6.07) is 5.52. The highest BCUT2D eigenvalue weighted by Crippen LogP contribution is 2.37. The fourth-order valence-electron chi connectivity index (χ4n) is 2.50. The van der Waals surface area contributed by atoms with Crippen LogP contribution in [-0.4, -0.2) is 10.1 Å². The summed E-state index contributed by atoms with van der Waals surface area (Å²) in [4.78, 5) is 4.33. The molecule has 0 fully saturated rings. The van der Waals surface area contributed by atoms with Crippen LogP contribution in [0.5, 0.6) is 0 Å². The highest BCUT2D eigenvalue weighted by Gasteiger charge is 2.25. The molecule has 0 saturated heterocycles. The number of benzene rings is 1. The van der Waals surface area contributed by atoms with E-state index in [1.165, 1.54) is 0 Å². The van der Waals surface area contributed by atoms with Crippen molar-refractivity contribution in [2.75, 3.05) is 0 Å². The molecule has 0 saturated carbocycles. The summed E-state index contributed by atoms with van der Waals surface area (Å²) in [5.41, 5.74) is 3.41. The van der Waals surface area contributed by atoms with Crippen molar-refractivity contribution in [3.63, 3.8) is 0 Å². The number of aryl methyl sites for hydroxylation is 2. The average Bonchev–Trinajstić information content (AvgIpc) is 2.47. The zero-order chi connectivity index (χ0) is 13.6. The first-order valence-corrected chi connectivity index (χ1v) is 7.41. The van der Waals surface area contributed by atoms with Gasteiger partial charge < -0.3 is 5.11 Å². The third-order valence-corrected chi connectivity index (χ3v) is 4.31. The van der Waals surface area contributed by atoms with Crippen molar-refractivity contribution in [2.24, 2.45) is 0 Å². The Hall–Kier alpha value is -0.610. The maximum Gasteiger partial charge on any atom is 0.123 e. The fraction of sp³-hybridized carbons (Fsp3) is 0.214. The molecule has 1 aromatic heterocycles. The molecule has 98 valence electrons. The van der Waals surface area contributed by atoms with Crippen molar-refractivity contribution in [1.82, 2.24) is 4.98 Å². The highest BCUT2D eigenvalue weighted by atomic mass is 79.9. The van der Waals surface area contributed by atoms with E-state index in [0.717, 1.165) is 34.0 Å². The Morgan fingerprint density at radius 1 is 1.16 bits per heavy atom. The Labute approximate surface area is 129 Å². The van der Waals surface area contributed by atoms with E-state index in [1.807, 2.05) is 12.1 Å². The van der Waals surface area contributed by atoms with E-state index in [4.69, 9.17) is 23.2 Å². The molecule has 1 aromatic carbocycles. The van der Waals surface area contributed by atoms with E-state index in [0.29, 0.717) is 15.7 Å². The molecule has 0 amide bonds. The Morgan fingerprint density at radius 3 is 2.68 bits per heavy atom. The van der Waals surface area contributed by atoms with Gasteiger partial charge in [0.25, 0.3) is 0 Å². The SMILES string of the molecule is O[C@@H]1c2ncc(Br)cc2CCc2cc(Cl)cc(Cl)c21.